The van der Waals surface area contributed by atoms with Gasteiger partial charge in [-0.1, -0.05) is 23.2 Å². The highest BCUT2D eigenvalue weighted by Gasteiger charge is 2.29. The van der Waals surface area contributed by atoms with Crippen LogP contribution >= 0.6 is 34.5 Å². The van der Waals surface area contributed by atoms with E-state index in [0.717, 1.165) is 34.5 Å². The van der Waals surface area contributed by atoms with Crippen LogP contribution in [0, 0.1) is 6.92 Å². The lowest BCUT2D eigenvalue weighted by atomic mass is 9.81. The maximum Gasteiger partial charge on any atom is 0.211 e. The Balaban J connectivity index is 2.08. The summed E-state index contributed by atoms with van der Waals surface area (Å²) >= 11 is 13.8. The summed E-state index contributed by atoms with van der Waals surface area (Å²) in [4.78, 5) is 4.51. The normalized spacial score (nSPS) is 18.7. The summed E-state index contributed by atoms with van der Waals surface area (Å²) in [6, 6.07) is 3.87. The Labute approximate surface area is 148 Å². The SMILES string of the molecule is Cc1ccnc2c1/C(=N\N=C(N)N)C[C@@H](c1cc(Cl)sc1Cl)C2. The number of aromatic nitrogens is 1. The molecule has 3 rings (SSSR count). The lowest BCUT2D eigenvalue weighted by Crippen LogP contribution is -2.24. The van der Waals surface area contributed by atoms with Gasteiger partial charge in [0.2, 0.25) is 5.96 Å². The van der Waals surface area contributed by atoms with Crippen molar-refractivity contribution in [3.05, 3.63) is 49.4 Å². The summed E-state index contributed by atoms with van der Waals surface area (Å²) in [5, 5.41) is 8.06. The molecule has 0 amide bonds. The lowest BCUT2D eigenvalue weighted by Gasteiger charge is -2.25. The number of nitrogens with zero attached hydrogens (tertiary/aromatic N) is 3. The fraction of sp³-hybridized carbons (Fsp3) is 0.267. The summed E-state index contributed by atoms with van der Waals surface area (Å²) in [7, 11) is 0. The zero-order valence-electron chi connectivity index (χ0n) is 12.4. The van der Waals surface area contributed by atoms with E-state index in [1.807, 2.05) is 19.1 Å². The molecule has 0 fully saturated rings. The van der Waals surface area contributed by atoms with Gasteiger partial charge in [-0.15, -0.1) is 16.4 Å². The molecule has 0 radical (unpaired) electrons. The molecule has 1 atom stereocenters. The minimum atomic E-state index is -0.0701. The Morgan fingerprint density at radius 2 is 2.13 bits per heavy atom. The Morgan fingerprint density at radius 1 is 1.35 bits per heavy atom. The number of halogens is 2. The smallest absolute Gasteiger partial charge is 0.211 e. The molecule has 1 aliphatic carbocycles. The van der Waals surface area contributed by atoms with Gasteiger partial charge in [-0.05, 0) is 48.9 Å². The van der Waals surface area contributed by atoms with E-state index in [-0.39, 0.29) is 11.9 Å². The van der Waals surface area contributed by atoms with Crippen LogP contribution in [0.3, 0.4) is 0 Å². The average Bonchev–Trinajstić information content (AvgIpc) is 2.83. The molecule has 0 unspecified atom stereocenters. The van der Waals surface area contributed by atoms with E-state index in [1.54, 1.807) is 6.20 Å². The van der Waals surface area contributed by atoms with Crippen molar-refractivity contribution in [1.29, 1.82) is 0 Å². The maximum absolute atomic E-state index is 6.32. The number of hydrogen-bond acceptors (Lipinski definition) is 4. The van der Waals surface area contributed by atoms with Gasteiger partial charge in [0.15, 0.2) is 0 Å². The van der Waals surface area contributed by atoms with E-state index < -0.39 is 0 Å². The van der Waals surface area contributed by atoms with Crippen LogP contribution in [0.5, 0.6) is 0 Å². The van der Waals surface area contributed by atoms with E-state index in [2.05, 4.69) is 15.2 Å². The predicted molar refractivity (Wildman–Crippen MR) is 96.7 cm³/mol. The first-order chi connectivity index (χ1) is 11.0. The van der Waals surface area contributed by atoms with Gasteiger partial charge in [-0.2, -0.15) is 5.10 Å². The molecule has 8 heteroatoms. The maximum atomic E-state index is 6.32. The second-order valence-corrected chi connectivity index (χ2v) is 7.69. The molecule has 120 valence electrons. The number of thiophene rings is 1. The monoisotopic (exact) mass is 367 g/mol. The molecular weight excluding hydrogens is 353 g/mol. The number of fused-ring (bicyclic) bond motifs is 1. The summed E-state index contributed by atoms with van der Waals surface area (Å²) < 4.78 is 1.38. The van der Waals surface area contributed by atoms with Crippen LogP contribution in [-0.4, -0.2) is 16.7 Å². The van der Waals surface area contributed by atoms with Gasteiger partial charge in [0.1, 0.15) is 0 Å². The molecule has 2 aromatic heterocycles. The van der Waals surface area contributed by atoms with Crippen molar-refractivity contribution in [3.8, 4) is 0 Å². The van der Waals surface area contributed by atoms with Crippen molar-refractivity contribution in [2.45, 2.75) is 25.7 Å². The summed E-state index contributed by atoms with van der Waals surface area (Å²) in [6.07, 6.45) is 3.27. The zero-order chi connectivity index (χ0) is 16.6. The molecule has 0 saturated heterocycles. The standard InChI is InChI=1S/C15H15Cl2N5S/c1-7-2-3-20-10-4-8(9-6-12(16)23-14(9)17)5-11(13(7)10)21-22-15(18)19/h2-3,6,8H,4-5H2,1H3,(H4,18,19,22)/b21-11-/t8-/m0/s1. The summed E-state index contributed by atoms with van der Waals surface area (Å²) in [5.74, 6) is 0.0836. The predicted octanol–water partition coefficient (Wildman–Crippen LogP) is 3.47. The molecule has 5 nitrogen and oxygen atoms in total. The number of pyridine rings is 1. The van der Waals surface area contributed by atoms with E-state index in [4.69, 9.17) is 34.7 Å². The second-order valence-electron chi connectivity index (χ2n) is 5.41. The molecular formula is C15H15Cl2N5S. The molecule has 2 aromatic rings. The fourth-order valence-electron chi connectivity index (χ4n) is 2.86. The lowest BCUT2D eigenvalue weighted by molar-refractivity contribution is 0.680. The Bertz CT molecular complexity index is 808. The quantitative estimate of drug-likeness (QED) is 0.483. The topological polar surface area (TPSA) is 89.6 Å². The van der Waals surface area contributed by atoms with E-state index in [9.17, 15) is 0 Å². The van der Waals surface area contributed by atoms with Gasteiger partial charge in [0.25, 0.3) is 0 Å². The van der Waals surface area contributed by atoms with Crippen LogP contribution in [0.2, 0.25) is 8.67 Å². The molecule has 23 heavy (non-hydrogen) atoms. The van der Waals surface area contributed by atoms with E-state index in [1.165, 1.54) is 11.3 Å². The average molecular weight is 368 g/mol. The summed E-state index contributed by atoms with van der Waals surface area (Å²) in [6.45, 7) is 2.03. The van der Waals surface area contributed by atoms with Gasteiger partial charge < -0.3 is 11.5 Å². The number of nitrogens with two attached hydrogens (primary N) is 2. The highest BCUT2D eigenvalue weighted by molar-refractivity contribution is 7.20. The second kappa shape index (κ2) is 6.47. The minimum absolute atomic E-state index is 0.0701. The highest BCUT2D eigenvalue weighted by atomic mass is 35.5. The first-order valence-corrected chi connectivity index (χ1v) is 8.58. The Hall–Kier alpha value is -1.63. The van der Waals surface area contributed by atoms with Crippen molar-refractivity contribution < 1.29 is 0 Å². The molecule has 0 aliphatic heterocycles. The van der Waals surface area contributed by atoms with Gasteiger partial charge in [-0.25, -0.2) is 0 Å². The molecule has 0 spiro atoms. The Kier molecular flexibility index (Phi) is 4.57. The third kappa shape index (κ3) is 3.34. The van der Waals surface area contributed by atoms with Crippen LogP contribution in [-0.2, 0) is 6.42 Å². The van der Waals surface area contributed by atoms with Crippen LogP contribution in [0.1, 0.15) is 34.7 Å². The van der Waals surface area contributed by atoms with Crippen LogP contribution in [0.15, 0.2) is 28.5 Å². The Morgan fingerprint density at radius 3 is 2.78 bits per heavy atom. The molecule has 0 aromatic carbocycles. The number of hydrogen-bond donors (Lipinski definition) is 2. The molecule has 2 heterocycles. The zero-order valence-corrected chi connectivity index (χ0v) is 14.7. The first kappa shape index (κ1) is 16.2. The van der Waals surface area contributed by atoms with Crippen LogP contribution in [0.25, 0.3) is 0 Å². The summed E-state index contributed by atoms with van der Waals surface area (Å²) in [5.41, 5.74) is 15.8. The van der Waals surface area contributed by atoms with E-state index >= 15 is 0 Å². The van der Waals surface area contributed by atoms with Gasteiger partial charge in [0, 0.05) is 11.8 Å². The van der Waals surface area contributed by atoms with Crippen molar-refractivity contribution in [1.82, 2.24) is 4.98 Å². The molecule has 1 aliphatic rings. The van der Waals surface area contributed by atoms with Crippen molar-refractivity contribution >= 4 is 46.2 Å². The van der Waals surface area contributed by atoms with Crippen molar-refractivity contribution in [2.24, 2.45) is 21.7 Å². The largest absolute Gasteiger partial charge is 0.369 e. The fourth-order valence-corrected chi connectivity index (χ4v) is 4.49. The van der Waals surface area contributed by atoms with Crippen LogP contribution in [0.4, 0.5) is 0 Å². The molecule has 0 bridgehead atoms. The van der Waals surface area contributed by atoms with Gasteiger partial charge in [0.05, 0.1) is 20.1 Å². The minimum Gasteiger partial charge on any atom is -0.369 e. The van der Waals surface area contributed by atoms with Gasteiger partial charge in [-0.3, -0.25) is 4.98 Å². The van der Waals surface area contributed by atoms with E-state index in [0.29, 0.717) is 15.1 Å². The highest BCUT2D eigenvalue weighted by Crippen LogP contribution is 2.41. The van der Waals surface area contributed by atoms with Gasteiger partial charge >= 0.3 is 0 Å². The molecule has 4 N–H and O–H groups in total. The number of rotatable bonds is 2. The molecule has 0 saturated carbocycles. The third-order valence-corrected chi connectivity index (χ3v) is 5.33. The first-order valence-electron chi connectivity index (χ1n) is 7.00. The van der Waals surface area contributed by atoms with Crippen molar-refractivity contribution in [2.75, 3.05) is 0 Å². The number of aryl methyl sites for hydroxylation is 1. The number of guanidine groups is 1. The third-order valence-electron chi connectivity index (χ3n) is 3.81. The van der Waals surface area contributed by atoms with Crippen LogP contribution < -0.4 is 11.5 Å². The van der Waals surface area contributed by atoms with Crippen molar-refractivity contribution in [3.63, 3.8) is 0 Å².